The van der Waals surface area contributed by atoms with Crippen LogP contribution in [0.1, 0.15) is 14.5 Å². The fraction of sp³-hybridized carbons (Fsp3) is 0.154. The Hall–Kier alpha value is -2.08. The van der Waals surface area contributed by atoms with Gasteiger partial charge in [-0.1, -0.05) is 0 Å². The number of thiophene rings is 1. The second-order valence-corrected chi connectivity index (χ2v) is 5.18. The van der Waals surface area contributed by atoms with E-state index in [0.717, 1.165) is 4.88 Å². The zero-order valence-corrected chi connectivity index (χ0v) is 11.3. The highest BCUT2D eigenvalue weighted by molar-refractivity contribution is 7.14. The first-order chi connectivity index (χ1) is 9.01. The van der Waals surface area contributed by atoms with Gasteiger partial charge in [-0.05, 0) is 25.1 Å². The summed E-state index contributed by atoms with van der Waals surface area (Å²) in [6, 6.07) is 5.73. The molecule has 3 N–H and O–H groups in total. The Morgan fingerprint density at radius 3 is 2.74 bits per heavy atom. The van der Waals surface area contributed by atoms with E-state index in [9.17, 15) is 9.18 Å². The summed E-state index contributed by atoms with van der Waals surface area (Å²) in [4.78, 5) is 13.3. The molecule has 0 fully saturated rings. The van der Waals surface area contributed by atoms with Crippen LogP contribution in [0.3, 0.4) is 0 Å². The number of aryl methyl sites for hydroxylation is 1. The molecule has 4 nitrogen and oxygen atoms in total. The van der Waals surface area contributed by atoms with Crippen molar-refractivity contribution in [3.63, 3.8) is 0 Å². The van der Waals surface area contributed by atoms with Crippen molar-refractivity contribution in [1.82, 2.24) is 0 Å². The SMILES string of the molecule is COc1ccc(F)c(NC(=O)c2cc(N)c(C)s2)c1. The summed E-state index contributed by atoms with van der Waals surface area (Å²) in [5, 5.41) is 2.50. The van der Waals surface area contributed by atoms with Crippen LogP contribution in [0, 0.1) is 12.7 Å². The van der Waals surface area contributed by atoms with Crippen LogP contribution in [-0.2, 0) is 0 Å². The van der Waals surface area contributed by atoms with Crippen molar-refractivity contribution < 1.29 is 13.9 Å². The number of carbonyl (C=O) groups excluding carboxylic acids is 1. The number of methoxy groups -OCH3 is 1. The van der Waals surface area contributed by atoms with E-state index < -0.39 is 11.7 Å². The lowest BCUT2D eigenvalue weighted by molar-refractivity contribution is 0.103. The van der Waals surface area contributed by atoms with E-state index in [1.165, 1.54) is 36.6 Å². The Kier molecular flexibility index (Phi) is 3.71. The molecule has 1 aromatic heterocycles. The number of ether oxygens (including phenoxy) is 1. The van der Waals surface area contributed by atoms with E-state index in [-0.39, 0.29) is 5.69 Å². The molecule has 6 heteroatoms. The smallest absolute Gasteiger partial charge is 0.265 e. The highest BCUT2D eigenvalue weighted by Gasteiger charge is 2.13. The molecular formula is C13H13FN2O2S. The zero-order chi connectivity index (χ0) is 14.0. The number of hydrogen-bond donors (Lipinski definition) is 2. The summed E-state index contributed by atoms with van der Waals surface area (Å²) >= 11 is 1.27. The van der Waals surface area contributed by atoms with Crippen molar-refractivity contribution in [3.05, 3.63) is 39.8 Å². The van der Waals surface area contributed by atoms with E-state index in [1.54, 1.807) is 6.07 Å². The molecule has 0 aliphatic rings. The number of nitrogens with one attached hydrogen (secondary N) is 1. The van der Waals surface area contributed by atoms with Crippen LogP contribution in [0.15, 0.2) is 24.3 Å². The Morgan fingerprint density at radius 2 is 2.16 bits per heavy atom. The van der Waals surface area contributed by atoms with E-state index in [2.05, 4.69) is 5.32 Å². The third kappa shape index (κ3) is 2.85. The lowest BCUT2D eigenvalue weighted by Crippen LogP contribution is -2.11. The number of amides is 1. The first-order valence-corrected chi connectivity index (χ1v) is 6.33. The van der Waals surface area contributed by atoms with Crippen LogP contribution >= 0.6 is 11.3 Å². The third-order valence-corrected chi connectivity index (χ3v) is 3.67. The molecule has 19 heavy (non-hydrogen) atoms. The van der Waals surface area contributed by atoms with Gasteiger partial charge in [0, 0.05) is 16.6 Å². The molecule has 0 radical (unpaired) electrons. The fourth-order valence-corrected chi connectivity index (χ4v) is 2.36. The number of hydrogen-bond acceptors (Lipinski definition) is 4. The normalized spacial score (nSPS) is 10.3. The molecule has 2 rings (SSSR count). The number of nitrogen functional groups attached to an aromatic ring is 1. The van der Waals surface area contributed by atoms with Crippen molar-refractivity contribution in [2.24, 2.45) is 0 Å². The second-order valence-electron chi connectivity index (χ2n) is 3.92. The molecule has 0 unspecified atom stereocenters. The van der Waals surface area contributed by atoms with Crippen molar-refractivity contribution in [3.8, 4) is 5.75 Å². The molecule has 0 atom stereocenters. The molecule has 1 aromatic carbocycles. The predicted molar refractivity (Wildman–Crippen MR) is 74.4 cm³/mol. The molecule has 100 valence electrons. The summed E-state index contributed by atoms with van der Waals surface area (Å²) in [7, 11) is 1.47. The van der Waals surface area contributed by atoms with Crippen LogP contribution in [-0.4, -0.2) is 13.0 Å². The van der Waals surface area contributed by atoms with Gasteiger partial charge in [-0.15, -0.1) is 11.3 Å². The number of halogens is 1. The van der Waals surface area contributed by atoms with Crippen LogP contribution in [0.25, 0.3) is 0 Å². The molecule has 0 aliphatic heterocycles. The number of benzene rings is 1. The van der Waals surface area contributed by atoms with E-state index >= 15 is 0 Å². The van der Waals surface area contributed by atoms with Gasteiger partial charge in [0.1, 0.15) is 11.6 Å². The first-order valence-electron chi connectivity index (χ1n) is 5.52. The van der Waals surface area contributed by atoms with Gasteiger partial charge in [0.05, 0.1) is 17.7 Å². The molecule has 0 saturated carbocycles. The largest absolute Gasteiger partial charge is 0.497 e. The summed E-state index contributed by atoms with van der Waals surface area (Å²) in [5.41, 5.74) is 6.32. The van der Waals surface area contributed by atoms with Gasteiger partial charge in [0.15, 0.2) is 0 Å². The molecule has 0 spiro atoms. The van der Waals surface area contributed by atoms with Crippen molar-refractivity contribution in [1.29, 1.82) is 0 Å². The topological polar surface area (TPSA) is 64.3 Å². The Morgan fingerprint density at radius 1 is 1.42 bits per heavy atom. The first kappa shape index (κ1) is 13.4. The summed E-state index contributed by atoms with van der Waals surface area (Å²) in [5.74, 6) is -0.439. The van der Waals surface area contributed by atoms with Gasteiger partial charge in [-0.25, -0.2) is 4.39 Å². The molecule has 0 aliphatic carbocycles. The second kappa shape index (κ2) is 5.27. The van der Waals surface area contributed by atoms with Crippen molar-refractivity contribution in [2.45, 2.75) is 6.92 Å². The van der Waals surface area contributed by atoms with Gasteiger partial charge in [0.2, 0.25) is 0 Å². The molecule has 1 amide bonds. The summed E-state index contributed by atoms with van der Waals surface area (Å²) in [6.07, 6.45) is 0. The van der Waals surface area contributed by atoms with E-state index in [4.69, 9.17) is 10.5 Å². The van der Waals surface area contributed by atoms with Crippen LogP contribution < -0.4 is 15.8 Å². The maximum atomic E-state index is 13.6. The van der Waals surface area contributed by atoms with Gasteiger partial charge < -0.3 is 15.8 Å². The highest BCUT2D eigenvalue weighted by atomic mass is 32.1. The monoisotopic (exact) mass is 280 g/mol. The van der Waals surface area contributed by atoms with Gasteiger partial charge >= 0.3 is 0 Å². The minimum absolute atomic E-state index is 0.0778. The minimum atomic E-state index is -0.518. The van der Waals surface area contributed by atoms with Crippen LogP contribution in [0.4, 0.5) is 15.8 Å². The highest BCUT2D eigenvalue weighted by Crippen LogP contribution is 2.26. The summed E-state index contributed by atoms with van der Waals surface area (Å²) in [6.45, 7) is 1.82. The minimum Gasteiger partial charge on any atom is -0.497 e. The molecule has 0 saturated heterocycles. The summed E-state index contributed by atoms with van der Waals surface area (Å²) < 4.78 is 18.6. The Balaban J connectivity index is 2.23. The maximum Gasteiger partial charge on any atom is 0.265 e. The Labute approximate surface area is 114 Å². The molecular weight excluding hydrogens is 267 g/mol. The van der Waals surface area contributed by atoms with Crippen molar-refractivity contribution in [2.75, 3.05) is 18.2 Å². The van der Waals surface area contributed by atoms with Gasteiger partial charge in [0.25, 0.3) is 5.91 Å². The van der Waals surface area contributed by atoms with E-state index in [1.807, 2.05) is 6.92 Å². The zero-order valence-electron chi connectivity index (χ0n) is 10.5. The molecule has 0 bridgehead atoms. The lowest BCUT2D eigenvalue weighted by atomic mass is 10.2. The maximum absolute atomic E-state index is 13.6. The van der Waals surface area contributed by atoms with Crippen molar-refractivity contribution >= 4 is 28.6 Å². The molecule has 1 heterocycles. The average Bonchev–Trinajstić information content (AvgIpc) is 2.72. The van der Waals surface area contributed by atoms with Crippen LogP contribution in [0.5, 0.6) is 5.75 Å². The van der Waals surface area contributed by atoms with Gasteiger partial charge in [-0.3, -0.25) is 4.79 Å². The number of carbonyl (C=O) groups is 1. The van der Waals surface area contributed by atoms with Gasteiger partial charge in [-0.2, -0.15) is 0 Å². The lowest BCUT2D eigenvalue weighted by Gasteiger charge is -2.07. The average molecular weight is 280 g/mol. The quantitative estimate of drug-likeness (QED) is 0.908. The fourth-order valence-electron chi connectivity index (χ4n) is 1.52. The number of rotatable bonds is 3. The molecule has 2 aromatic rings. The van der Waals surface area contributed by atoms with E-state index in [0.29, 0.717) is 16.3 Å². The standard InChI is InChI=1S/C13H13FN2O2S/c1-7-10(15)6-12(19-7)13(17)16-11-5-8(18-2)3-4-9(11)14/h3-6H,15H2,1-2H3,(H,16,17). The number of nitrogens with two attached hydrogens (primary N) is 1. The Bertz CT molecular complexity index is 606. The predicted octanol–water partition coefficient (Wildman–Crippen LogP) is 3.04. The number of anilines is 2. The van der Waals surface area contributed by atoms with Crippen LogP contribution in [0.2, 0.25) is 0 Å². The third-order valence-electron chi connectivity index (χ3n) is 2.60.